The largest absolute Gasteiger partial charge is 0.238 e. The predicted octanol–water partition coefficient (Wildman–Crippen LogP) is 5.72. The van der Waals surface area contributed by atoms with E-state index in [0.717, 1.165) is 26.0 Å². The van der Waals surface area contributed by atoms with Crippen LogP contribution in [0.1, 0.15) is 0 Å². The van der Waals surface area contributed by atoms with Gasteiger partial charge in [0.05, 0.1) is 6.57 Å². The second-order valence-corrected chi connectivity index (χ2v) is 6.16. The summed E-state index contributed by atoms with van der Waals surface area (Å²) in [5, 5.41) is 1.46. The highest BCUT2D eigenvalue weighted by Crippen LogP contribution is 2.35. The van der Waals surface area contributed by atoms with Crippen LogP contribution in [0, 0.1) is 6.57 Å². The van der Waals surface area contributed by atoms with Gasteiger partial charge in [-0.3, -0.25) is 0 Å². The van der Waals surface area contributed by atoms with Gasteiger partial charge < -0.3 is 0 Å². The van der Waals surface area contributed by atoms with Crippen molar-refractivity contribution in [2.75, 3.05) is 0 Å². The van der Waals surface area contributed by atoms with Crippen molar-refractivity contribution >= 4 is 49.1 Å². The van der Waals surface area contributed by atoms with E-state index < -0.39 is 0 Å². The summed E-state index contributed by atoms with van der Waals surface area (Å²) < 4.78 is 1.15. The van der Waals surface area contributed by atoms with Crippen molar-refractivity contribution in [3.63, 3.8) is 0 Å². The number of halogens is 1. The van der Waals surface area contributed by atoms with E-state index in [1.807, 2.05) is 30.3 Å². The average molecular weight is 322 g/mol. The smallest absolute Gasteiger partial charge is 0.187 e. The number of nitrogens with zero attached hydrogens (tertiary/aromatic N) is 3. The van der Waals surface area contributed by atoms with Crippen LogP contribution in [0.15, 0.2) is 48.5 Å². The maximum absolute atomic E-state index is 7.00. The molecule has 4 rings (SSSR count). The summed E-state index contributed by atoms with van der Waals surface area (Å²) in [4.78, 5) is 13.5. The van der Waals surface area contributed by atoms with Gasteiger partial charge in [0.1, 0.15) is 16.0 Å². The molecular formula is C17H8ClN3S. The highest BCUT2D eigenvalue weighted by molar-refractivity contribution is 7.25. The van der Waals surface area contributed by atoms with E-state index in [1.165, 1.54) is 0 Å². The van der Waals surface area contributed by atoms with E-state index in [2.05, 4.69) is 20.9 Å². The maximum atomic E-state index is 7.00. The Labute approximate surface area is 135 Å². The van der Waals surface area contributed by atoms with E-state index in [1.54, 1.807) is 23.5 Å². The predicted molar refractivity (Wildman–Crippen MR) is 91.6 cm³/mol. The van der Waals surface area contributed by atoms with Crippen molar-refractivity contribution in [2.45, 2.75) is 0 Å². The van der Waals surface area contributed by atoms with Crippen LogP contribution in [0.3, 0.4) is 0 Å². The van der Waals surface area contributed by atoms with Crippen molar-refractivity contribution in [3.8, 4) is 11.3 Å². The molecule has 0 aliphatic heterocycles. The summed E-state index contributed by atoms with van der Waals surface area (Å²) in [6.07, 6.45) is 0. The number of rotatable bonds is 1. The highest BCUT2D eigenvalue weighted by Gasteiger charge is 2.13. The molecule has 0 fully saturated rings. The molecule has 0 saturated heterocycles. The second kappa shape index (κ2) is 5.06. The van der Waals surface area contributed by atoms with Crippen molar-refractivity contribution in [2.24, 2.45) is 0 Å². The molecule has 0 aliphatic rings. The van der Waals surface area contributed by atoms with Gasteiger partial charge in [0.25, 0.3) is 0 Å². The van der Waals surface area contributed by atoms with Gasteiger partial charge in [0.2, 0.25) is 0 Å². The Bertz CT molecular complexity index is 1050. The molecule has 0 bridgehead atoms. The minimum atomic E-state index is 0.381. The van der Waals surface area contributed by atoms with Crippen LogP contribution in [0.4, 0.5) is 5.69 Å². The molecule has 22 heavy (non-hydrogen) atoms. The van der Waals surface area contributed by atoms with Gasteiger partial charge in [-0.25, -0.2) is 14.8 Å². The molecule has 2 aromatic carbocycles. The molecule has 0 amide bonds. The zero-order valence-corrected chi connectivity index (χ0v) is 12.8. The Morgan fingerprint density at radius 3 is 2.55 bits per heavy atom. The van der Waals surface area contributed by atoms with Gasteiger partial charge in [-0.1, -0.05) is 54.1 Å². The first-order chi connectivity index (χ1) is 10.8. The minimum absolute atomic E-state index is 0.381. The van der Waals surface area contributed by atoms with Crippen LogP contribution in [0.2, 0.25) is 5.15 Å². The molecule has 0 unspecified atom stereocenters. The molecule has 0 saturated carbocycles. The first kappa shape index (κ1) is 13.2. The SMILES string of the molecule is [C-]#[N+]c1ccc(-c2nc3sc4ccccc4c3nc2Cl)cc1. The Morgan fingerprint density at radius 1 is 1.00 bits per heavy atom. The molecule has 0 N–H and O–H groups in total. The van der Waals surface area contributed by atoms with Crippen molar-refractivity contribution in [1.82, 2.24) is 9.97 Å². The van der Waals surface area contributed by atoms with Gasteiger partial charge in [-0.2, -0.15) is 0 Å². The van der Waals surface area contributed by atoms with Crippen LogP contribution in [0.5, 0.6) is 0 Å². The van der Waals surface area contributed by atoms with E-state index in [-0.39, 0.29) is 0 Å². The molecule has 0 atom stereocenters. The number of fused-ring (bicyclic) bond motifs is 3. The van der Waals surface area contributed by atoms with Crippen molar-refractivity contribution in [3.05, 3.63) is 65.1 Å². The molecule has 0 spiro atoms. The molecule has 3 nitrogen and oxygen atoms in total. The second-order valence-electron chi connectivity index (χ2n) is 4.77. The maximum Gasteiger partial charge on any atom is 0.187 e. The number of thiophene rings is 1. The fourth-order valence-corrected chi connectivity index (χ4v) is 3.63. The monoisotopic (exact) mass is 321 g/mol. The molecule has 104 valence electrons. The molecule has 5 heteroatoms. The van der Waals surface area contributed by atoms with E-state index >= 15 is 0 Å². The molecule has 4 aromatic rings. The van der Waals surface area contributed by atoms with Gasteiger partial charge in [0.15, 0.2) is 10.8 Å². The lowest BCUT2D eigenvalue weighted by Crippen LogP contribution is -1.88. The lowest BCUT2D eigenvalue weighted by molar-refractivity contribution is 1.32. The van der Waals surface area contributed by atoms with Gasteiger partial charge in [-0.05, 0) is 6.07 Å². The van der Waals surface area contributed by atoms with E-state index in [4.69, 9.17) is 18.2 Å². The quantitative estimate of drug-likeness (QED) is 0.420. The van der Waals surface area contributed by atoms with Crippen LogP contribution in [-0.2, 0) is 0 Å². The number of hydrogen-bond acceptors (Lipinski definition) is 3. The number of aromatic nitrogens is 2. The van der Waals surface area contributed by atoms with Crippen molar-refractivity contribution < 1.29 is 0 Å². The first-order valence-corrected chi connectivity index (χ1v) is 7.78. The fraction of sp³-hybridized carbons (Fsp3) is 0. The third-order valence-corrected chi connectivity index (χ3v) is 4.76. The third-order valence-electron chi connectivity index (χ3n) is 3.44. The van der Waals surface area contributed by atoms with E-state index in [9.17, 15) is 0 Å². The standard InChI is InChI=1S/C17H8ClN3S/c1-19-11-8-6-10(7-9-11)14-16(18)20-15-12-4-2-3-5-13(12)22-17(15)21-14/h2-9H. The molecule has 0 radical (unpaired) electrons. The fourth-order valence-electron chi connectivity index (χ4n) is 2.38. The normalized spacial score (nSPS) is 10.9. The van der Waals surface area contributed by atoms with Crippen LogP contribution in [0.25, 0.3) is 36.5 Å². The molecular weight excluding hydrogens is 314 g/mol. The Morgan fingerprint density at radius 2 is 1.77 bits per heavy atom. The molecule has 0 aliphatic carbocycles. The minimum Gasteiger partial charge on any atom is -0.238 e. The van der Waals surface area contributed by atoms with Crippen LogP contribution >= 0.6 is 22.9 Å². The Balaban J connectivity index is 1.96. The van der Waals surface area contributed by atoms with Gasteiger partial charge in [-0.15, -0.1) is 11.3 Å². The van der Waals surface area contributed by atoms with Crippen LogP contribution < -0.4 is 0 Å². The van der Waals surface area contributed by atoms with E-state index in [0.29, 0.717) is 16.5 Å². The summed E-state index contributed by atoms with van der Waals surface area (Å²) in [7, 11) is 0. The number of benzene rings is 2. The average Bonchev–Trinajstić information content (AvgIpc) is 2.92. The number of hydrogen-bond donors (Lipinski definition) is 0. The summed E-state index contributed by atoms with van der Waals surface area (Å²) in [6.45, 7) is 7.00. The lowest BCUT2D eigenvalue weighted by Gasteiger charge is -2.03. The summed E-state index contributed by atoms with van der Waals surface area (Å²) >= 11 is 7.95. The highest BCUT2D eigenvalue weighted by atomic mass is 35.5. The zero-order chi connectivity index (χ0) is 15.1. The van der Waals surface area contributed by atoms with Gasteiger partial charge >= 0.3 is 0 Å². The topological polar surface area (TPSA) is 30.1 Å². The summed E-state index contributed by atoms with van der Waals surface area (Å²) in [6, 6.07) is 15.3. The van der Waals surface area contributed by atoms with Gasteiger partial charge in [0, 0.05) is 15.6 Å². The lowest BCUT2D eigenvalue weighted by atomic mass is 10.1. The van der Waals surface area contributed by atoms with Crippen LogP contribution in [-0.4, -0.2) is 9.97 Å². The Hall–Kier alpha value is -2.48. The summed E-state index contributed by atoms with van der Waals surface area (Å²) in [5.41, 5.74) is 2.95. The molecule has 2 heterocycles. The zero-order valence-electron chi connectivity index (χ0n) is 11.2. The third kappa shape index (κ3) is 2.03. The first-order valence-electron chi connectivity index (χ1n) is 6.59. The Kier molecular flexibility index (Phi) is 3.04. The van der Waals surface area contributed by atoms with Crippen molar-refractivity contribution in [1.29, 1.82) is 0 Å². The summed E-state index contributed by atoms with van der Waals surface area (Å²) in [5.74, 6) is 0. The molecule has 2 aromatic heterocycles.